The molecule has 0 saturated heterocycles. The van der Waals surface area contributed by atoms with Gasteiger partial charge in [-0.15, -0.1) is 0 Å². The molecular weight excluding hydrogens is 170 g/mol. The molecule has 1 aromatic carbocycles. The van der Waals surface area contributed by atoms with Gasteiger partial charge in [0.1, 0.15) is 0 Å². The van der Waals surface area contributed by atoms with Gasteiger partial charge in [0.15, 0.2) is 0 Å². The van der Waals surface area contributed by atoms with Gasteiger partial charge in [-0.05, 0) is 43.4 Å². The van der Waals surface area contributed by atoms with Gasteiger partial charge in [-0.2, -0.15) is 0 Å². The van der Waals surface area contributed by atoms with E-state index in [1.807, 2.05) is 0 Å². The fraction of sp³-hybridized carbons (Fsp3) is 0.538. The molecule has 0 amide bonds. The number of hydrogen-bond donors (Lipinski definition) is 1. The zero-order valence-corrected chi connectivity index (χ0v) is 9.14. The third-order valence-electron chi connectivity index (χ3n) is 3.64. The van der Waals surface area contributed by atoms with Crippen LogP contribution >= 0.6 is 0 Å². The zero-order chi connectivity index (χ0) is 10.2. The van der Waals surface area contributed by atoms with E-state index in [2.05, 4.69) is 32.0 Å². The van der Waals surface area contributed by atoms with E-state index >= 15 is 0 Å². The first kappa shape index (κ1) is 9.72. The first-order chi connectivity index (χ1) is 6.63. The van der Waals surface area contributed by atoms with Gasteiger partial charge in [0.2, 0.25) is 0 Å². The Kier molecular flexibility index (Phi) is 2.36. The highest BCUT2D eigenvalue weighted by molar-refractivity contribution is 5.38. The van der Waals surface area contributed by atoms with Crippen LogP contribution in [-0.2, 0) is 5.54 Å². The van der Waals surface area contributed by atoms with Crippen molar-refractivity contribution < 1.29 is 0 Å². The summed E-state index contributed by atoms with van der Waals surface area (Å²) in [6, 6.07) is 6.50. The SMILES string of the molecule is Cc1cccc(C2(N)CCCC2)c1C. The van der Waals surface area contributed by atoms with Gasteiger partial charge < -0.3 is 5.73 Å². The molecule has 76 valence electrons. The number of rotatable bonds is 1. The molecule has 2 N–H and O–H groups in total. The Morgan fingerprint density at radius 1 is 1.14 bits per heavy atom. The third-order valence-corrected chi connectivity index (χ3v) is 3.64. The minimum atomic E-state index is -0.0316. The zero-order valence-electron chi connectivity index (χ0n) is 9.14. The van der Waals surface area contributed by atoms with Crippen molar-refractivity contribution in [2.24, 2.45) is 5.73 Å². The molecule has 0 bridgehead atoms. The first-order valence-electron chi connectivity index (χ1n) is 5.49. The summed E-state index contributed by atoms with van der Waals surface area (Å²) in [4.78, 5) is 0. The Bertz CT molecular complexity index is 335. The monoisotopic (exact) mass is 189 g/mol. The second-order valence-electron chi connectivity index (χ2n) is 4.61. The van der Waals surface area contributed by atoms with Crippen LogP contribution in [0, 0.1) is 13.8 Å². The second-order valence-corrected chi connectivity index (χ2v) is 4.61. The summed E-state index contributed by atoms with van der Waals surface area (Å²) in [5.74, 6) is 0. The van der Waals surface area contributed by atoms with Crippen molar-refractivity contribution in [1.29, 1.82) is 0 Å². The van der Waals surface area contributed by atoms with Crippen LogP contribution in [0.1, 0.15) is 42.4 Å². The van der Waals surface area contributed by atoms with E-state index in [-0.39, 0.29) is 5.54 Å². The molecule has 1 nitrogen and oxygen atoms in total. The maximum absolute atomic E-state index is 6.45. The Morgan fingerprint density at radius 2 is 1.79 bits per heavy atom. The Balaban J connectivity index is 2.45. The molecule has 1 aliphatic rings. The maximum Gasteiger partial charge on any atom is 0.0412 e. The fourth-order valence-electron chi connectivity index (χ4n) is 2.57. The topological polar surface area (TPSA) is 26.0 Å². The van der Waals surface area contributed by atoms with Crippen LogP contribution in [0.25, 0.3) is 0 Å². The van der Waals surface area contributed by atoms with Crippen LogP contribution < -0.4 is 5.73 Å². The molecule has 1 saturated carbocycles. The lowest BCUT2D eigenvalue weighted by atomic mass is 9.85. The van der Waals surface area contributed by atoms with Gasteiger partial charge in [0, 0.05) is 5.54 Å². The van der Waals surface area contributed by atoms with Crippen LogP contribution in [0.15, 0.2) is 18.2 Å². The maximum atomic E-state index is 6.45. The minimum absolute atomic E-state index is 0.0316. The van der Waals surface area contributed by atoms with Crippen molar-refractivity contribution in [3.05, 3.63) is 34.9 Å². The summed E-state index contributed by atoms with van der Waals surface area (Å²) < 4.78 is 0. The Labute approximate surface area is 86.3 Å². The van der Waals surface area contributed by atoms with Gasteiger partial charge in [-0.3, -0.25) is 0 Å². The molecule has 1 fully saturated rings. The normalized spacial score (nSPS) is 19.9. The van der Waals surface area contributed by atoms with Crippen molar-refractivity contribution in [3.8, 4) is 0 Å². The summed E-state index contributed by atoms with van der Waals surface area (Å²) in [6.45, 7) is 4.36. The molecule has 1 aliphatic carbocycles. The molecule has 0 unspecified atom stereocenters. The van der Waals surface area contributed by atoms with Crippen molar-refractivity contribution in [1.82, 2.24) is 0 Å². The van der Waals surface area contributed by atoms with Gasteiger partial charge in [-0.1, -0.05) is 31.0 Å². The van der Waals surface area contributed by atoms with E-state index in [0.717, 1.165) is 12.8 Å². The summed E-state index contributed by atoms with van der Waals surface area (Å²) >= 11 is 0. The molecule has 0 aliphatic heterocycles. The fourth-order valence-corrected chi connectivity index (χ4v) is 2.57. The van der Waals surface area contributed by atoms with Crippen molar-refractivity contribution in [3.63, 3.8) is 0 Å². The van der Waals surface area contributed by atoms with Gasteiger partial charge >= 0.3 is 0 Å². The van der Waals surface area contributed by atoms with Gasteiger partial charge in [0.05, 0.1) is 0 Å². The summed E-state index contributed by atoms with van der Waals surface area (Å²) in [7, 11) is 0. The molecule has 0 aromatic heterocycles. The predicted molar refractivity (Wildman–Crippen MR) is 60.2 cm³/mol. The lowest BCUT2D eigenvalue weighted by molar-refractivity contribution is 0.459. The summed E-state index contributed by atoms with van der Waals surface area (Å²) in [6.07, 6.45) is 4.86. The lowest BCUT2D eigenvalue weighted by Gasteiger charge is -2.26. The predicted octanol–water partition coefficient (Wildman–Crippen LogP) is 3.03. The van der Waals surface area contributed by atoms with Crippen LogP contribution in [-0.4, -0.2) is 0 Å². The first-order valence-corrected chi connectivity index (χ1v) is 5.49. The molecule has 0 spiro atoms. The highest BCUT2D eigenvalue weighted by Crippen LogP contribution is 2.38. The molecule has 14 heavy (non-hydrogen) atoms. The third kappa shape index (κ3) is 1.46. The van der Waals surface area contributed by atoms with Gasteiger partial charge in [0.25, 0.3) is 0 Å². The molecule has 0 atom stereocenters. The van der Waals surface area contributed by atoms with Crippen LogP contribution in [0.4, 0.5) is 0 Å². The molecule has 2 rings (SSSR count). The molecule has 0 radical (unpaired) electrons. The van der Waals surface area contributed by atoms with E-state index in [1.54, 1.807) is 0 Å². The van der Waals surface area contributed by atoms with Crippen molar-refractivity contribution in [2.45, 2.75) is 45.1 Å². The van der Waals surface area contributed by atoms with E-state index in [4.69, 9.17) is 5.73 Å². The minimum Gasteiger partial charge on any atom is -0.321 e. The van der Waals surface area contributed by atoms with E-state index in [1.165, 1.54) is 29.5 Å². The van der Waals surface area contributed by atoms with Crippen molar-refractivity contribution in [2.75, 3.05) is 0 Å². The largest absolute Gasteiger partial charge is 0.321 e. The van der Waals surface area contributed by atoms with Crippen LogP contribution in [0.2, 0.25) is 0 Å². The Morgan fingerprint density at radius 3 is 2.43 bits per heavy atom. The quantitative estimate of drug-likeness (QED) is 0.722. The second kappa shape index (κ2) is 3.39. The van der Waals surface area contributed by atoms with Gasteiger partial charge in [-0.25, -0.2) is 0 Å². The standard InChI is InChI=1S/C13H19N/c1-10-6-5-7-12(11(10)2)13(14)8-3-4-9-13/h5-7H,3-4,8-9,14H2,1-2H3. The highest BCUT2D eigenvalue weighted by Gasteiger charge is 2.32. The average Bonchev–Trinajstić information content (AvgIpc) is 2.58. The lowest BCUT2D eigenvalue weighted by Crippen LogP contribution is -2.34. The molecule has 1 heteroatoms. The summed E-state index contributed by atoms with van der Waals surface area (Å²) in [5, 5.41) is 0. The van der Waals surface area contributed by atoms with Crippen molar-refractivity contribution >= 4 is 0 Å². The number of hydrogen-bond acceptors (Lipinski definition) is 1. The molecular formula is C13H19N. The average molecular weight is 189 g/mol. The van der Waals surface area contributed by atoms with Crippen LogP contribution in [0.3, 0.4) is 0 Å². The van der Waals surface area contributed by atoms with E-state index < -0.39 is 0 Å². The molecule has 0 heterocycles. The Hall–Kier alpha value is -0.820. The number of nitrogens with two attached hydrogens (primary N) is 1. The highest BCUT2D eigenvalue weighted by atomic mass is 14.8. The summed E-state index contributed by atoms with van der Waals surface area (Å²) in [5.41, 5.74) is 10.5. The number of aryl methyl sites for hydroxylation is 1. The van der Waals surface area contributed by atoms with Crippen LogP contribution in [0.5, 0.6) is 0 Å². The molecule has 1 aromatic rings. The smallest absolute Gasteiger partial charge is 0.0412 e. The number of benzene rings is 1. The van der Waals surface area contributed by atoms with E-state index in [0.29, 0.717) is 0 Å². The van der Waals surface area contributed by atoms with E-state index in [9.17, 15) is 0 Å².